The quantitative estimate of drug-likeness (QED) is 0.539. The maximum absolute atomic E-state index is 5.20. The number of nitrogens with zero attached hydrogens (tertiary/aromatic N) is 2. The van der Waals surface area contributed by atoms with Gasteiger partial charge in [0.1, 0.15) is 0 Å². The lowest BCUT2D eigenvalue weighted by Gasteiger charge is -2.16. The van der Waals surface area contributed by atoms with Crippen molar-refractivity contribution in [1.82, 2.24) is 9.55 Å². The molecule has 4 heteroatoms. The van der Waals surface area contributed by atoms with Crippen LogP contribution in [0.3, 0.4) is 0 Å². The Bertz CT molecular complexity index is 352. The van der Waals surface area contributed by atoms with Crippen LogP contribution in [0.1, 0.15) is 71.3 Å². The number of unbranched alkanes of at least 4 members (excludes halogenated alkanes) is 7. The summed E-state index contributed by atoms with van der Waals surface area (Å²) in [5, 5.41) is 3.44. The minimum atomic E-state index is 0.318. The van der Waals surface area contributed by atoms with Gasteiger partial charge >= 0.3 is 0 Å². The van der Waals surface area contributed by atoms with Gasteiger partial charge in [-0.15, -0.1) is 0 Å². The van der Waals surface area contributed by atoms with Crippen LogP contribution in [-0.4, -0.2) is 29.8 Å². The van der Waals surface area contributed by atoms with Crippen LogP contribution in [0.2, 0.25) is 0 Å². The lowest BCUT2D eigenvalue weighted by Crippen LogP contribution is -2.15. The second-order valence-electron chi connectivity index (χ2n) is 5.86. The minimum absolute atomic E-state index is 0.318. The van der Waals surface area contributed by atoms with Crippen molar-refractivity contribution in [3.05, 3.63) is 12.4 Å². The fourth-order valence-electron chi connectivity index (χ4n) is 2.59. The summed E-state index contributed by atoms with van der Waals surface area (Å²) in [6.07, 6.45) is 14.7. The third kappa shape index (κ3) is 7.51. The average Bonchev–Trinajstić information content (AvgIpc) is 2.94. The smallest absolute Gasteiger partial charge is 0.203 e. The molecule has 0 bridgehead atoms. The topological polar surface area (TPSA) is 39.1 Å². The zero-order valence-corrected chi connectivity index (χ0v) is 14.1. The third-order valence-electron chi connectivity index (χ3n) is 3.86. The summed E-state index contributed by atoms with van der Waals surface area (Å²) >= 11 is 0. The maximum atomic E-state index is 5.20. The molecule has 21 heavy (non-hydrogen) atoms. The summed E-state index contributed by atoms with van der Waals surface area (Å²) in [7, 11) is 1.74. The van der Waals surface area contributed by atoms with E-state index in [0.717, 1.165) is 12.5 Å². The summed E-state index contributed by atoms with van der Waals surface area (Å²) in [6.45, 7) is 6.13. The predicted molar refractivity (Wildman–Crippen MR) is 89.9 cm³/mol. The molecule has 0 aromatic carbocycles. The average molecular weight is 295 g/mol. The second kappa shape index (κ2) is 11.6. The molecule has 0 radical (unpaired) electrons. The Balaban J connectivity index is 2.09. The number of anilines is 1. The van der Waals surface area contributed by atoms with E-state index in [1.807, 2.05) is 12.4 Å². The molecule has 0 saturated heterocycles. The van der Waals surface area contributed by atoms with E-state index < -0.39 is 0 Å². The molecule has 1 unspecified atom stereocenters. The van der Waals surface area contributed by atoms with Crippen molar-refractivity contribution in [3.8, 4) is 0 Å². The Labute approximate surface area is 130 Å². The van der Waals surface area contributed by atoms with Crippen molar-refractivity contribution in [2.24, 2.45) is 0 Å². The Kier molecular flexibility index (Phi) is 9.96. The molecule has 1 heterocycles. The second-order valence-corrected chi connectivity index (χ2v) is 5.86. The van der Waals surface area contributed by atoms with E-state index in [9.17, 15) is 0 Å². The van der Waals surface area contributed by atoms with Gasteiger partial charge in [-0.3, -0.25) is 0 Å². The first-order valence-electron chi connectivity index (χ1n) is 8.55. The number of imidazole rings is 1. The normalized spacial score (nSPS) is 12.5. The molecule has 4 nitrogen and oxygen atoms in total. The van der Waals surface area contributed by atoms with Gasteiger partial charge in [-0.2, -0.15) is 0 Å². The first-order chi connectivity index (χ1) is 10.3. The number of aromatic nitrogens is 2. The van der Waals surface area contributed by atoms with E-state index >= 15 is 0 Å². The van der Waals surface area contributed by atoms with E-state index in [1.54, 1.807) is 7.11 Å². The SMILES string of the molecule is CCCCCCCCCCNc1nccn1C(C)COC. The lowest BCUT2D eigenvalue weighted by molar-refractivity contribution is 0.163. The molecule has 0 aliphatic rings. The van der Waals surface area contributed by atoms with Crippen molar-refractivity contribution in [2.45, 2.75) is 71.3 Å². The largest absolute Gasteiger partial charge is 0.383 e. The van der Waals surface area contributed by atoms with Gasteiger partial charge in [0.2, 0.25) is 5.95 Å². The van der Waals surface area contributed by atoms with E-state index in [0.29, 0.717) is 12.6 Å². The van der Waals surface area contributed by atoms with E-state index in [2.05, 4.69) is 28.7 Å². The molecule has 0 spiro atoms. The molecule has 1 N–H and O–H groups in total. The van der Waals surface area contributed by atoms with Gasteiger partial charge in [0.25, 0.3) is 0 Å². The number of nitrogens with one attached hydrogen (secondary N) is 1. The van der Waals surface area contributed by atoms with Gasteiger partial charge in [-0.05, 0) is 13.3 Å². The zero-order valence-electron chi connectivity index (χ0n) is 14.1. The zero-order chi connectivity index (χ0) is 15.3. The molecule has 1 aromatic heterocycles. The van der Waals surface area contributed by atoms with Gasteiger partial charge in [0.15, 0.2) is 0 Å². The first-order valence-corrected chi connectivity index (χ1v) is 8.55. The monoisotopic (exact) mass is 295 g/mol. The maximum Gasteiger partial charge on any atom is 0.203 e. The lowest BCUT2D eigenvalue weighted by atomic mass is 10.1. The van der Waals surface area contributed by atoms with Gasteiger partial charge in [-0.25, -0.2) is 4.98 Å². The number of ether oxygens (including phenoxy) is 1. The van der Waals surface area contributed by atoms with Crippen LogP contribution in [0.4, 0.5) is 5.95 Å². The number of hydrogen-bond donors (Lipinski definition) is 1. The fourth-order valence-corrected chi connectivity index (χ4v) is 2.59. The molecule has 1 rings (SSSR count). The van der Waals surface area contributed by atoms with Crippen molar-refractivity contribution < 1.29 is 4.74 Å². The van der Waals surface area contributed by atoms with E-state index in [-0.39, 0.29) is 0 Å². The molecule has 0 amide bonds. The molecular weight excluding hydrogens is 262 g/mol. The van der Waals surface area contributed by atoms with Crippen LogP contribution in [0.25, 0.3) is 0 Å². The van der Waals surface area contributed by atoms with Crippen molar-refractivity contribution >= 4 is 5.95 Å². The van der Waals surface area contributed by atoms with Crippen LogP contribution >= 0.6 is 0 Å². The molecule has 0 fully saturated rings. The van der Waals surface area contributed by atoms with E-state index in [1.165, 1.54) is 51.4 Å². The molecule has 1 atom stereocenters. The summed E-state index contributed by atoms with van der Waals surface area (Å²) in [4.78, 5) is 4.38. The van der Waals surface area contributed by atoms with Crippen molar-refractivity contribution in [1.29, 1.82) is 0 Å². The fraction of sp³-hybridized carbons (Fsp3) is 0.824. The summed E-state index contributed by atoms with van der Waals surface area (Å²) in [5.74, 6) is 0.961. The van der Waals surface area contributed by atoms with Crippen LogP contribution in [0.15, 0.2) is 12.4 Å². The summed E-state index contributed by atoms with van der Waals surface area (Å²) < 4.78 is 7.35. The summed E-state index contributed by atoms with van der Waals surface area (Å²) in [5.41, 5.74) is 0. The van der Waals surface area contributed by atoms with E-state index in [4.69, 9.17) is 4.74 Å². The standard InChI is InChI=1S/C17H33N3O/c1-4-5-6-7-8-9-10-11-12-18-17-19-13-14-20(17)16(2)15-21-3/h13-14,16H,4-12,15H2,1-3H3,(H,18,19). The predicted octanol–water partition coefficient (Wildman–Crippen LogP) is 4.64. The number of hydrogen-bond acceptors (Lipinski definition) is 3. The highest BCUT2D eigenvalue weighted by molar-refractivity contribution is 5.26. The Morgan fingerprint density at radius 1 is 1.14 bits per heavy atom. The molecule has 1 aromatic rings. The Hall–Kier alpha value is -1.03. The van der Waals surface area contributed by atoms with Gasteiger partial charge in [0.05, 0.1) is 12.6 Å². The number of rotatable bonds is 13. The van der Waals surface area contributed by atoms with Crippen LogP contribution < -0.4 is 5.32 Å². The Morgan fingerprint density at radius 3 is 2.48 bits per heavy atom. The highest BCUT2D eigenvalue weighted by Gasteiger charge is 2.08. The van der Waals surface area contributed by atoms with Crippen LogP contribution in [0, 0.1) is 0 Å². The van der Waals surface area contributed by atoms with Gasteiger partial charge < -0.3 is 14.6 Å². The summed E-state index contributed by atoms with van der Waals surface area (Å²) in [6, 6.07) is 0.318. The van der Waals surface area contributed by atoms with Gasteiger partial charge in [-0.1, -0.05) is 51.9 Å². The van der Waals surface area contributed by atoms with Crippen LogP contribution in [0.5, 0.6) is 0 Å². The third-order valence-corrected chi connectivity index (χ3v) is 3.86. The highest BCUT2D eigenvalue weighted by atomic mass is 16.5. The van der Waals surface area contributed by atoms with Crippen LogP contribution in [-0.2, 0) is 4.74 Å². The first kappa shape index (κ1) is 18.0. The molecule has 0 aliphatic heterocycles. The number of methoxy groups -OCH3 is 1. The highest BCUT2D eigenvalue weighted by Crippen LogP contribution is 2.14. The van der Waals surface area contributed by atoms with Crippen molar-refractivity contribution in [3.63, 3.8) is 0 Å². The molecule has 122 valence electrons. The van der Waals surface area contributed by atoms with Crippen molar-refractivity contribution in [2.75, 3.05) is 25.6 Å². The minimum Gasteiger partial charge on any atom is -0.383 e. The molecule has 0 saturated carbocycles. The Morgan fingerprint density at radius 2 is 1.81 bits per heavy atom. The van der Waals surface area contributed by atoms with Gasteiger partial charge in [0, 0.05) is 26.0 Å². The molecule has 0 aliphatic carbocycles. The molecular formula is C17H33N3O.